The average molecular weight is 612 g/mol. The van der Waals surface area contributed by atoms with Gasteiger partial charge in [0, 0.05) is 41.9 Å². The number of carboxylic acid groups (broad SMARTS) is 1. The van der Waals surface area contributed by atoms with Crippen molar-refractivity contribution in [2.24, 2.45) is 0 Å². The highest BCUT2D eigenvalue weighted by molar-refractivity contribution is 7.93. The molecule has 4 rings (SSSR count). The van der Waals surface area contributed by atoms with E-state index in [0.29, 0.717) is 6.07 Å². The summed E-state index contributed by atoms with van der Waals surface area (Å²) in [5, 5.41) is 18.3. The zero-order valence-electron chi connectivity index (χ0n) is 21.2. The van der Waals surface area contributed by atoms with Gasteiger partial charge in [0.05, 0.1) is 28.9 Å². The van der Waals surface area contributed by atoms with Crippen LogP contribution in [0.25, 0.3) is 11.1 Å². The molecule has 2 heterocycles. The maximum absolute atomic E-state index is 14.9. The number of halogens is 5. The minimum absolute atomic E-state index is 0.0334. The normalized spacial score (nSPS) is 15.5. The molecule has 1 aromatic heterocycles. The number of sulfonamides is 1. The predicted molar refractivity (Wildman–Crippen MR) is 141 cm³/mol. The number of nitrogens with zero attached hydrogens (tertiary/aromatic N) is 3. The number of pyridine rings is 1. The number of rotatable bonds is 8. The summed E-state index contributed by atoms with van der Waals surface area (Å²) in [6, 6.07) is 10.5. The van der Waals surface area contributed by atoms with Crippen LogP contribution in [0.4, 0.5) is 23.2 Å². The van der Waals surface area contributed by atoms with Gasteiger partial charge >= 0.3 is 12.1 Å². The standard InChI is InChI=1S/C27H22ClF4N3O5S/c28-20-13-23(40-10-4-8-26(36)37)24(12-18(20)19-15-34-25(27(30,31)32)11-16(19)14-33)41(38,39)35-9-3-6-21(29)17-5-1-2-7-22(17)35/h1-2,5,7,11-13,15,21H,3-4,6,8-10H2,(H,36,37). The van der Waals surface area contributed by atoms with Crippen molar-refractivity contribution in [3.8, 4) is 22.9 Å². The molecule has 41 heavy (non-hydrogen) atoms. The van der Waals surface area contributed by atoms with Crippen molar-refractivity contribution in [3.63, 3.8) is 0 Å². The summed E-state index contributed by atoms with van der Waals surface area (Å²) in [6.45, 7) is -0.277. The molecular weight excluding hydrogens is 590 g/mol. The molecule has 216 valence electrons. The van der Waals surface area contributed by atoms with Crippen LogP contribution in [0.3, 0.4) is 0 Å². The van der Waals surface area contributed by atoms with Crippen molar-refractivity contribution in [3.05, 3.63) is 70.5 Å². The fourth-order valence-electron chi connectivity index (χ4n) is 4.42. The summed E-state index contributed by atoms with van der Waals surface area (Å²) >= 11 is 6.43. The second-order valence-electron chi connectivity index (χ2n) is 9.09. The highest BCUT2D eigenvalue weighted by atomic mass is 35.5. The fourth-order valence-corrected chi connectivity index (χ4v) is 6.34. The van der Waals surface area contributed by atoms with Gasteiger partial charge in [-0.3, -0.25) is 14.1 Å². The van der Waals surface area contributed by atoms with Crippen molar-refractivity contribution < 1.29 is 40.6 Å². The number of hydrogen-bond acceptors (Lipinski definition) is 6. The van der Waals surface area contributed by atoms with Gasteiger partial charge in [0.15, 0.2) is 0 Å². The third-order valence-corrected chi connectivity index (χ3v) is 8.51. The van der Waals surface area contributed by atoms with Crippen molar-refractivity contribution in [2.45, 2.75) is 42.9 Å². The Balaban J connectivity index is 1.89. The minimum Gasteiger partial charge on any atom is -0.492 e. The van der Waals surface area contributed by atoms with Crippen LogP contribution in [0.15, 0.2) is 53.6 Å². The first-order valence-corrected chi connectivity index (χ1v) is 14.1. The highest BCUT2D eigenvalue weighted by Gasteiger charge is 2.35. The van der Waals surface area contributed by atoms with Gasteiger partial charge in [-0.1, -0.05) is 29.8 Å². The summed E-state index contributed by atoms with van der Waals surface area (Å²) in [4.78, 5) is 13.8. The van der Waals surface area contributed by atoms with Crippen LogP contribution in [0, 0.1) is 11.3 Å². The maximum Gasteiger partial charge on any atom is 0.433 e. The number of alkyl halides is 4. The molecule has 0 spiro atoms. The average Bonchev–Trinajstić information content (AvgIpc) is 3.09. The van der Waals surface area contributed by atoms with Gasteiger partial charge in [0.25, 0.3) is 10.0 Å². The Kier molecular flexibility index (Phi) is 8.74. The van der Waals surface area contributed by atoms with E-state index in [1.54, 1.807) is 18.2 Å². The molecule has 0 radical (unpaired) electrons. The van der Waals surface area contributed by atoms with Gasteiger partial charge < -0.3 is 9.84 Å². The lowest BCUT2D eigenvalue weighted by molar-refractivity contribution is -0.141. The zero-order valence-corrected chi connectivity index (χ0v) is 22.7. The van der Waals surface area contributed by atoms with Crippen LogP contribution in [-0.2, 0) is 21.0 Å². The Morgan fingerprint density at radius 1 is 1.22 bits per heavy atom. The van der Waals surface area contributed by atoms with Crippen molar-refractivity contribution in [1.82, 2.24) is 4.98 Å². The van der Waals surface area contributed by atoms with Crippen LogP contribution in [0.2, 0.25) is 5.02 Å². The van der Waals surface area contributed by atoms with Crippen LogP contribution in [0.1, 0.15) is 48.7 Å². The first kappa shape index (κ1) is 30.1. The number of hydrogen-bond donors (Lipinski definition) is 1. The first-order chi connectivity index (χ1) is 19.3. The summed E-state index contributed by atoms with van der Waals surface area (Å²) in [5.74, 6) is -1.34. The number of carbonyl (C=O) groups is 1. The van der Waals surface area contributed by atoms with E-state index in [1.807, 2.05) is 0 Å². The molecule has 1 aliphatic heterocycles. The molecule has 0 amide bonds. The molecule has 3 aromatic rings. The highest BCUT2D eigenvalue weighted by Crippen LogP contribution is 2.43. The first-order valence-electron chi connectivity index (χ1n) is 12.3. The van der Waals surface area contributed by atoms with Crippen molar-refractivity contribution >= 4 is 33.3 Å². The topological polar surface area (TPSA) is 121 Å². The van der Waals surface area contributed by atoms with E-state index in [0.717, 1.165) is 22.6 Å². The minimum atomic E-state index is -4.83. The van der Waals surface area contributed by atoms with E-state index in [-0.39, 0.29) is 72.0 Å². The van der Waals surface area contributed by atoms with Gasteiger partial charge in [-0.15, -0.1) is 0 Å². The molecule has 1 aliphatic rings. The van der Waals surface area contributed by atoms with Gasteiger partial charge in [-0.2, -0.15) is 18.4 Å². The third-order valence-electron chi connectivity index (χ3n) is 6.36. The third kappa shape index (κ3) is 6.39. The number of aromatic nitrogens is 1. The molecule has 0 saturated heterocycles. The van der Waals surface area contributed by atoms with Gasteiger partial charge in [-0.05, 0) is 37.5 Å². The molecule has 8 nitrogen and oxygen atoms in total. The molecule has 1 N–H and O–H groups in total. The number of nitriles is 1. The Morgan fingerprint density at radius 2 is 1.95 bits per heavy atom. The quantitative estimate of drug-likeness (QED) is 0.227. The monoisotopic (exact) mass is 611 g/mol. The van der Waals surface area contributed by atoms with Gasteiger partial charge in [0.2, 0.25) is 0 Å². The van der Waals surface area contributed by atoms with Crippen molar-refractivity contribution in [1.29, 1.82) is 5.26 Å². The number of carboxylic acids is 1. The Hall–Kier alpha value is -3.89. The van der Waals surface area contributed by atoms with Crippen LogP contribution >= 0.6 is 11.6 Å². The fraction of sp³-hybridized carbons (Fsp3) is 0.296. The number of aliphatic carboxylic acids is 1. The van der Waals surface area contributed by atoms with E-state index in [2.05, 4.69) is 4.98 Å². The molecule has 14 heteroatoms. The number of anilines is 1. The number of fused-ring (bicyclic) bond motifs is 1. The molecule has 0 aliphatic carbocycles. The smallest absolute Gasteiger partial charge is 0.433 e. The van der Waals surface area contributed by atoms with E-state index >= 15 is 0 Å². The zero-order chi connectivity index (χ0) is 29.9. The molecule has 0 bridgehead atoms. The number of ether oxygens (including phenoxy) is 1. The van der Waals surface area contributed by atoms with E-state index in [4.69, 9.17) is 21.4 Å². The summed E-state index contributed by atoms with van der Waals surface area (Å²) in [7, 11) is -4.52. The molecule has 0 fully saturated rings. The molecule has 1 unspecified atom stereocenters. The maximum atomic E-state index is 14.9. The van der Waals surface area contributed by atoms with E-state index in [9.17, 15) is 36.0 Å². The molecular formula is C27H22ClF4N3O5S. The Bertz CT molecular complexity index is 1630. The molecule has 2 aromatic carbocycles. The second-order valence-corrected chi connectivity index (χ2v) is 11.3. The summed E-state index contributed by atoms with van der Waals surface area (Å²) in [6.07, 6.45) is -5.41. The Labute approximate surface area is 237 Å². The van der Waals surface area contributed by atoms with Gasteiger partial charge in [-0.25, -0.2) is 12.8 Å². The van der Waals surface area contributed by atoms with Gasteiger partial charge in [0.1, 0.15) is 22.5 Å². The second kappa shape index (κ2) is 11.9. The SMILES string of the molecule is N#Cc1cc(C(F)(F)F)ncc1-c1cc(S(=O)(=O)N2CCCC(F)c3ccccc32)c(OCCCC(=O)O)cc1Cl. The lowest BCUT2D eigenvalue weighted by Gasteiger charge is -2.26. The van der Waals surface area contributed by atoms with Crippen LogP contribution < -0.4 is 9.04 Å². The van der Waals surface area contributed by atoms with Crippen LogP contribution in [0.5, 0.6) is 5.75 Å². The van der Waals surface area contributed by atoms with Crippen molar-refractivity contribution in [2.75, 3.05) is 17.5 Å². The van der Waals surface area contributed by atoms with E-state index < -0.39 is 44.5 Å². The number of benzene rings is 2. The predicted octanol–water partition coefficient (Wildman–Crippen LogP) is 6.54. The largest absolute Gasteiger partial charge is 0.492 e. The summed E-state index contributed by atoms with van der Waals surface area (Å²) < 4.78 is 89.5. The summed E-state index contributed by atoms with van der Waals surface area (Å²) in [5.41, 5.74) is -1.74. The lowest BCUT2D eigenvalue weighted by Crippen LogP contribution is -2.32. The Morgan fingerprint density at radius 3 is 2.63 bits per heavy atom. The van der Waals surface area contributed by atoms with Crippen LogP contribution in [-0.4, -0.2) is 37.6 Å². The molecule has 0 saturated carbocycles. The lowest BCUT2D eigenvalue weighted by atomic mass is 10.0. The number of para-hydroxylation sites is 1. The molecule has 1 atom stereocenters. The van der Waals surface area contributed by atoms with E-state index in [1.165, 1.54) is 12.1 Å².